The van der Waals surface area contributed by atoms with Gasteiger partial charge in [0.05, 0.1) is 17.5 Å². The molecular formula is C18H28N2O3S. The molecule has 2 rings (SSSR count). The summed E-state index contributed by atoms with van der Waals surface area (Å²) in [6.45, 7) is 2.65. The predicted molar refractivity (Wildman–Crippen MR) is 96.6 cm³/mol. The van der Waals surface area contributed by atoms with Gasteiger partial charge in [-0.05, 0) is 44.0 Å². The lowest BCUT2D eigenvalue weighted by Gasteiger charge is -2.25. The average molecular weight is 353 g/mol. The molecule has 1 aromatic rings. The summed E-state index contributed by atoms with van der Waals surface area (Å²) in [7, 11) is 1.06. The molecule has 1 saturated heterocycles. The van der Waals surface area contributed by atoms with E-state index >= 15 is 0 Å². The van der Waals surface area contributed by atoms with Crippen molar-refractivity contribution in [3.63, 3.8) is 0 Å². The highest BCUT2D eigenvalue weighted by molar-refractivity contribution is 7.91. The maximum Gasteiger partial charge on any atom is 0.220 e. The molecule has 24 heavy (non-hydrogen) atoms. The molecule has 0 saturated carbocycles. The largest absolute Gasteiger partial charge is 0.354 e. The summed E-state index contributed by atoms with van der Waals surface area (Å²) >= 11 is 0. The second-order valence-corrected chi connectivity index (χ2v) is 9.08. The van der Waals surface area contributed by atoms with Crippen molar-refractivity contribution in [2.45, 2.75) is 32.2 Å². The molecule has 1 amide bonds. The Bertz CT molecular complexity index is 653. The van der Waals surface area contributed by atoms with E-state index in [2.05, 4.69) is 41.4 Å². The number of rotatable bonds is 7. The van der Waals surface area contributed by atoms with Crippen LogP contribution in [0.3, 0.4) is 0 Å². The topological polar surface area (TPSA) is 66.5 Å². The molecule has 0 aliphatic carbocycles. The standard InChI is InChI=1S/C18H28N2O3S/c1-4-14-5-7-16(8-6-14)17(20(2)3)12-19-18(21)11-15-9-10-24(22,23)13-15/h5-8,15,17H,4,9-13H2,1-3H3,(H,19,21). The number of hydrogen-bond acceptors (Lipinski definition) is 4. The van der Waals surface area contributed by atoms with E-state index in [4.69, 9.17) is 0 Å². The number of amides is 1. The Kier molecular flexibility index (Phi) is 6.40. The third kappa shape index (κ3) is 5.31. The molecule has 1 fully saturated rings. The summed E-state index contributed by atoms with van der Waals surface area (Å²) in [5.74, 6) is 0.274. The Balaban J connectivity index is 1.90. The van der Waals surface area contributed by atoms with E-state index in [9.17, 15) is 13.2 Å². The highest BCUT2D eigenvalue weighted by Crippen LogP contribution is 2.22. The number of aryl methyl sites for hydroxylation is 1. The van der Waals surface area contributed by atoms with Gasteiger partial charge < -0.3 is 10.2 Å². The van der Waals surface area contributed by atoms with Gasteiger partial charge in [-0.3, -0.25) is 4.79 Å². The van der Waals surface area contributed by atoms with Crippen LogP contribution in [0.2, 0.25) is 0 Å². The van der Waals surface area contributed by atoms with Crippen molar-refractivity contribution in [1.82, 2.24) is 10.2 Å². The van der Waals surface area contributed by atoms with E-state index in [0.29, 0.717) is 19.4 Å². The molecule has 6 heteroatoms. The van der Waals surface area contributed by atoms with Crippen molar-refractivity contribution in [2.75, 3.05) is 32.1 Å². The number of hydrogen-bond donors (Lipinski definition) is 1. The van der Waals surface area contributed by atoms with Gasteiger partial charge in [-0.2, -0.15) is 0 Å². The first-order valence-corrected chi connectivity index (χ1v) is 10.3. The molecule has 0 aromatic heterocycles. The second-order valence-electron chi connectivity index (χ2n) is 6.85. The first kappa shape index (κ1) is 18.9. The quantitative estimate of drug-likeness (QED) is 0.812. The first-order valence-electron chi connectivity index (χ1n) is 8.53. The summed E-state index contributed by atoms with van der Waals surface area (Å²) in [5, 5.41) is 2.97. The summed E-state index contributed by atoms with van der Waals surface area (Å²) in [6, 6.07) is 8.57. The Morgan fingerprint density at radius 2 is 1.96 bits per heavy atom. The SMILES string of the molecule is CCc1ccc(C(CNC(=O)CC2CCS(=O)(=O)C2)N(C)C)cc1. The van der Waals surface area contributed by atoms with E-state index < -0.39 is 9.84 Å². The highest BCUT2D eigenvalue weighted by Gasteiger charge is 2.29. The van der Waals surface area contributed by atoms with Gasteiger partial charge in [-0.1, -0.05) is 31.2 Å². The number of carbonyl (C=O) groups is 1. The van der Waals surface area contributed by atoms with Crippen LogP contribution in [-0.2, 0) is 21.1 Å². The van der Waals surface area contributed by atoms with E-state index in [1.807, 2.05) is 14.1 Å². The first-order chi connectivity index (χ1) is 11.3. The van der Waals surface area contributed by atoms with Gasteiger partial charge in [0.25, 0.3) is 0 Å². The minimum absolute atomic E-state index is 0.0309. The highest BCUT2D eigenvalue weighted by atomic mass is 32.2. The lowest BCUT2D eigenvalue weighted by Crippen LogP contribution is -2.35. The van der Waals surface area contributed by atoms with Crippen molar-refractivity contribution in [2.24, 2.45) is 5.92 Å². The van der Waals surface area contributed by atoms with Crippen molar-refractivity contribution in [3.8, 4) is 0 Å². The third-order valence-electron chi connectivity index (χ3n) is 4.69. The van der Waals surface area contributed by atoms with E-state index in [0.717, 1.165) is 6.42 Å². The molecule has 1 aromatic carbocycles. The number of benzene rings is 1. The molecule has 0 radical (unpaired) electrons. The molecule has 0 bridgehead atoms. The van der Waals surface area contributed by atoms with Crippen molar-refractivity contribution >= 4 is 15.7 Å². The Morgan fingerprint density at radius 1 is 1.29 bits per heavy atom. The summed E-state index contributed by atoms with van der Waals surface area (Å²) < 4.78 is 23.0. The van der Waals surface area contributed by atoms with Crippen LogP contribution in [0.25, 0.3) is 0 Å². The second kappa shape index (κ2) is 8.12. The van der Waals surface area contributed by atoms with Gasteiger partial charge in [0.15, 0.2) is 9.84 Å². The van der Waals surface area contributed by atoms with Gasteiger partial charge in [-0.15, -0.1) is 0 Å². The Hall–Kier alpha value is -1.40. The van der Waals surface area contributed by atoms with Crippen LogP contribution in [0.5, 0.6) is 0 Å². The molecule has 1 N–H and O–H groups in total. The van der Waals surface area contributed by atoms with E-state index in [1.54, 1.807) is 0 Å². The molecular weight excluding hydrogens is 324 g/mol. The lowest BCUT2D eigenvalue weighted by molar-refractivity contribution is -0.122. The maximum absolute atomic E-state index is 12.1. The number of nitrogens with zero attached hydrogens (tertiary/aromatic N) is 1. The summed E-state index contributed by atoms with van der Waals surface area (Å²) in [6.07, 6.45) is 1.91. The van der Waals surface area contributed by atoms with Crippen LogP contribution in [0.15, 0.2) is 24.3 Å². The molecule has 0 spiro atoms. The van der Waals surface area contributed by atoms with Gasteiger partial charge in [0.2, 0.25) is 5.91 Å². The van der Waals surface area contributed by atoms with E-state index in [-0.39, 0.29) is 29.4 Å². The van der Waals surface area contributed by atoms with Gasteiger partial charge in [0.1, 0.15) is 0 Å². The van der Waals surface area contributed by atoms with Crippen LogP contribution in [0, 0.1) is 5.92 Å². The number of nitrogens with one attached hydrogen (secondary N) is 1. The number of sulfone groups is 1. The Morgan fingerprint density at radius 3 is 2.46 bits per heavy atom. The van der Waals surface area contributed by atoms with Gasteiger partial charge in [-0.25, -0.2) is 8.42 Å². The molecule has 5 nitrogen and oxygen atoms in total. The van der Waals surface area contributed by atoms with Crippen molar-refractivity contribution in [1.29, 1.82) is 0 Å². The third-order valence-corrected chi connectivity index (χ3v) is 6.53. The zero-order valence-corrected chi connectivity index (χ0v) is 15.6. The molecule has 2 atom stereocenters. The van der Waals surface area contributed by atoms with E-state index in [1.165, 1.54) is 11.1 Å². The fraction of sp³-hybridized carbons (Fsp3) is 0.611. The minimum atomic E-state index is -2.92. The zero-order chi connectivity index (χ0) is 17.7. The van der Waals surface area contributed by atoms with Crippen LogP contribution in [0.1, 0.15) is 36.9 Å². The number of carbonyl (C=O) groups excluding carboxylic acids is 1. The molecule has 1 aliphatic rings. The molecule has 134 valence electrons. The van der Waals surface area contributed by atoms with Gasteiger partial charge in [0, 0.05) is 13.0 Å². The van der Waals surface area contributed by atoms with Crippen LogP contribution in [-0.4, -0.2) is 51.4 Å². The van der Waals surface area contributed by atoms with Crippen molar-refractivity contribution < 1.29 is 13.2 Å². The Labute approximate surface area is 145 Å². The van der Waals surface area contributed by atoms with Crippen LogP contribution in [0.4, 0.5) is 0 Å². The van der Waals surface area contributed by atoms with Crippen molar-refractivity contribution in [3.05, 3.63) is 35.4 Å². The molecule has 1 aliphatic heterocycles. The minimum Gasteiger partial charge on any atom is -0.354 e. The number of likely N-dealkylation sites (N-methyl/N-ethyl adjacent to an activating group) is 1. The fourth-order valence-electron chi connectivity index (χ4n) is 3.15. The monoisotopic (exact) mass is 352 g/mol. The fourth-order valence-corrected chi connectivity index (χ4v) is 5.01. The summed E-state index contributed by atoms with van der Waals surface area (Å²) in [4.78, 5) is 14.2. The zero-order valence-electron chi connectivity index (χ0n) is 14.8. The molecule has 2 unspecified atom stereocenters. The van der Waals surface area contributed by atoms with Crippen LogP contribution >= 0.6 is 0 Å². The average Bonchev–Trinajstić information content (AvgIpc) is 2.86. The van der Waals surface area contributed by atoms with Gasteiger partial charge >= 0.3 is 0 Å². The van der Waals surface area contributed by atoms with Crippen LogP contribution < -0.4 is 5.32 Å². The smallest absolute Gasteiger partial charge is 0.220 e. The summed E-state index contributed by atoms with van der Waals surface area (Å²) in [5.41, 5.74) is 2.46. The normalized spacial score (nSPS) is 20.9. The lowest BCUT2D eigenvalue weighted by atomic mass is 10.0. The maximum atomic E-state index is 12.1. The predicted octanol–water partition coefficient (Wildman–Crippen LogP) is 1.79. The molecule has 1 heterocycles.